The highest BCUT2D eigenvalue weighted by molar-refractivity contribution is 9.10. The smallest absolute Gasteiger partial charge is 0.141 e. The summed E-state index contributed by atoms with van der Waals surface area (Å²) >= 11 is 15.2. The fourth-order valence-corrected chi connectivity index (χ4v) is 3.17. The molecule has 0 bridgehead atoms. The minimum Gasteiger partial charge on any atom is -0.488 e. The first kappa shape index (κ1) is 19.0. The average molecular weight is 455 g/mol. The van der Waals surface area contributed by atoms with E-state index in [0.717, 1.165) is 27.0 Å². The number of hydrogen-bond acceptors (Lipinski definition) is 2. The van der Waals surface area contributed by atoms with Crippen LogP contribution in [0.4, 0.5) is 10.1 Å². The first-order valence-corrected chi connectivity index (χ1v) is 9.41. The number of benzene rings is 3. The molecule has 0 heterocycles. The Bertz CT molecular complexity index is 903. The zero-order valence-electron chi connectivity index (χ0n) is 13.6. The lowest BCUT2D eigenvalue weighted by Gasteiger charge is -2.11. The molecule has 26 heavy (non-hydrogen) atoms. The minimum absolute atomic E-state index is 0.0992. The van der Waals surface area contributed by atoms with Crippen molar-refractivity contribution < 1.29 is 9.13 Å². The summed E-state index contributed by atoms with van der Waals surface area (Å²) in [6.07, 6.45) is 0. The molecule has 0 aliphatic heterocycles. The van der Waals surface area contributed by atoms with Crippen molar-refractivity contribution in [1.82, 2.24) is 0 Å². The highest BCUT2D eigenvalue weighted by Gasteiger charge is 2.05. The lowest BCUT2D eigenvalue weighted by atomic mass is 10.2. The van der Waals surface area contributed by atoms with Crippen molar-refractivity contribution in [2.75, 3.05) is 5.32 Å². The van der Waals surface area contributed by atoms with Crippen LogP contribution in [0.25, 0.3) is 0 Å². The second-order valence-electron chi connectivity index (χ2n) is 5.66. The predicted molar refractivity (Wildman–Crippen MR) is 109 cm³/mol. The van der Waals surface area contributed by atoms with Crippen LogP contribution in [0.3, 0.4) is 0 Å². The SMILES string of the molecule is Fc1ccc(NCc2ccc(OCc3ccc(Cl)cc3)c(Br)c2)cc1Cl. The summed E-state index contributed by atoms with van der Waals surface area (Å²) in [6, 6.07) is 18.0. The van der Waals surface area contributed by atoms with Crippen LogP contribution in [-0.2, 0) is 13.2 Å². The molecule has 3 aromatic carbocycles. The highest BCUT2D eigenvalue weighted by Crippen LogP contribution is 2.28. The van der Waals surface area contributed by atoms with Gasteiger partial charge in [-0.15, -0.1) is 0 Å². The molecular weight excluding hydrogens is 440 g/mol. The van der Waals surface area contributed by atoms with Crippen LogP contribution in [0.1, 0.15) is 11.1 Å². The van der Waals surface area contributed by atoms with Gasteiger partial charge in [-0.2, -0.15) is 0 Å². The Kier molecular flexibility index (Phi) is 6.41. The molecule has 0 saturated carbocycles. The first-order chi connectivity index (χ1) is 12.5. The normalized spacial score (nSPS) is 10.6. The van der Waals surface area contributed by atoms with E-state index in [2.05, 4.69) is 21.2 Å². The van der Waals surface area contributed by atoms with Crippen LogP contribution < -0.4 is 10.1 Å². The molecule has 0 unspecified atom stereocenters. The summed E-state index contributed by atoms with van der Waals surface area (Å²) in [4.78, 5) is 0. The Morgan fingerprint density at radius 1 is 0.923 bits per heavy atom. The molecular formula is C20H15BrCl2FNO. The first-order valence-electron chi connectivity index (χ1n) is 7.86. The average Bonchev–Trinajstić information content (AvgIpc) is 2.63. The Morgan fingerprint density at radius 3 is 2.35 bits per heavy atom. The van der Waals surface area contributed by atoms with Crippen molar-refractivity contribution in [2.45, 2.75) is 13.2 Å². The zero-order chi connectivity index (χ0) is 18.5. The Hall–Kier alpha value is -1.75. The number of nitrogens with one attached hydrogen (secondary N) is 1. The number of rotatable bonds is 6. The van der Waals surface area contributed by atoms with Crippen molar-refractivity contribution in [3.8, 4) is 5.75 Å². The fraction of sp³-hybridized carbons (Fsp3) is 0.100. The van der Waals surface area contributed by atoms with E-state index in [-0.39, 0.29) is 5.02 Å². The van der Waals surface area contributed by atoms with E-state index in [0.29, 0.717) is 18.2 Å². The van der Waals surface area contributed by atoms with Gasteiger partial charge in [0.25, 0.3) is 0 Å². The fourth-order valence-electron chi connectivity index (χ4n) is 2.32. The van der Waals surface area contributed by atoms with Gasteiger partial charge in [-0.05, 0) is 69.5 Å². The standard InChI is InChI=1S/C20H15BrCl2FNO/c21-17-9-14(11-25-16-6-7-19(24)18(23)10-16)3-8-20(17)26-12-13-1-4-15(22)5-2-13/h1-10,25H,11-12H2. The zero-order valence-corrected chi connectivity index (χ0v) is 16.7. The summed E-state index contributed by atoms with van der Waals surface area (Å²) in [7, 11) is 0. The molecule has 3 rings (SSSR count). The largest absolute Gasteiger partial charge is 0.488 e. The molecule has 0 saturated heterocycles. The molecule has 1 N–H and O–H groups in total. The Morgan fingerprint density at radius 2 is 1.65 bits per heavy atom. The van der Waals surface area contributed by atoms with Gasteiger partial charge in [-0.25, -0.2) is 4.39 Å². The Balaban J connectivity index is 1.59. The molecule has 2 nitrogen and oxygen atoms in total. The third kappa shape index (κ3) is 5.13. The molecule has 6 heteroatoms. The molecule has 0 aliphatic carbocycles. The topological polar surface area (TPSA) is 21.3 Å². The van der Waals surface area contributed by atoms with Crippen LogP contribution >= 0.6 is 39.1 Å². The van der Waals surface area contributed by atoms with Gasteiger partial charge in [0.05, 0.1) is 9.50 Å². The molecule has 3 aromatic rings. The van der Waals surface area contributed by atoms with Crippen LogP contribution in [-0.4, -0.2) is 0 Å². The molecule has 0 fully saturated rings. The Labute approximate surface area is 170 Å². The minimum atomic E-state index is -0.429. The molecule has 0 aromatic heterocycles. The maximum Gasteiger partial charge on any atom is 0.141 e. The van der Waals surface area contributed by atoms with Crippen molar-refractivity contribution in [1.29, 1.82) is 0 Å². The summed E-state index contributed by atoms with van der Waals surface area (Å²) in [5.41, 5.74) is 2.85. The van der Waals surface area contributed by atoms with Gasteiger partial charge in [0, 0.05) is 17.3 Å². The van der Waals surface area contributed by atoms with Gasteiger partial charge in [-0.1, -0.05) is 41.4 Å². The van der Waals surface area contributed by atoms with E-state index in [9.17, 15) is 4.39 Å². The van der Waals surface area contributed by atoms with Crippen molar-refractivity contribution in [3.05, 3.63) is 92.1 Å². The summed E-state index contributed by atoms with van der Waals surface area (Å²) in [5, 5.41) is 4.02. The number of hydrogen-bond donors (Lipinski definition) is 1. The van der Waals surface area contributed by atoms with E-state index >= 15 is 0 Å². The van der Waals surface area contributed by atoms with Gasteiger partial charge in [0.1, 0.15) is 18.2 Å². The van der Waals surface area contributed by atoms with Crippen LogP contribution in [0, 0.1) is 5.82 Å². The number of ether oxygens (including phenoxy) is 1. The van der Waals surface area contributed by atoms with Gasteiger partial charge < -0.3 is 10.1 Å². The van der Waals surface area contributed by atoms with Crippen LogP contribution in [0.2, 0.25) is 10.0 Å². The van der Waals surface area contributed by atoms with E-state index in [1.165, 1.54) is 6.07 Å². The van der Waals surface area contributed by atoms with E-state index in [1.807, 2.05) is 42.5 Å². The third-order valence-corrected chi connectivity index (χ3v) is 4.88. The molecule has 0 amide bonds. The lowest BCUT2D eigenvalue weighted by Crippen LogP contribution is -2.01. The van der Waals surface area contributed by atoms with E-state index < -0.39 is 5.82 Å². The maximum absolute atomic E-state index is 13.2. The highest BCUT2D eigenvalue weighted by atomic mass is 79.9. The molecule has 0 aliphatic rings. The summed E-state index contributed by atoms with van der Waals surface area (Å²) in [5.74, 6) is 0.329. The van der Waals surface area contributed by atoms with Gasteiger partial charge in [-0.3, -0.25) is 0 Å². The summed E-state index contributed by atoms with van der Waals surface area (Å²) in [6.45, 7) is 1.04. The van der Waals surface area contributed by atoms with Crippen molar-refractivity contribution in [2.24, 2.45) is 0 Å². The van der Waals surface area contributed by atoms with E-state index in [4.69, 9.17) is 27.9 Å². The molecule has 134 valence electrons. The maximum atomic E-state index is 13.2. The second kappa shape index (κ2) is 8.76. The van der Waals surface area contributed by atoms with Crippen molar-refractivity contribution >= 4 is 44.8 Å². The third-order valence-electron chi connectivity index (χ3n) is 3.72. The van der Waals surface area contributed by atoms with Gasteiger partial charge in [0.15, 0.2) is 0 Å². The summed E-state index contributed by atoms with van der Waals surface area (Å²) < 4.78 is 19.9. The molecule has 0 radical (unpaired) electrons. The molecule has 0 spiro atoms. The quantitative estimate of drug-likeness (QED) is 0.429. The van der Waals surface area contributed by atoms with Gasteiger partial charge >= 0.3 is 0 Å². The van der Waals surface area contributed by atoms with Gasteiger partial charge in [0.2, 0.25) is 0 Å². The number of halogens is 4. The van der Waals surface area contributed by atoms with E-state index in [1.54, 1.807) is 12.1 Å². The lowest BCUT2D eigenvalue weighted by molar-refractivity contribution is 0.304. The predicted octanol–water partition coefficient (Wildman–Crippen LogP) is 7.09. The second-order valence-corrected chi connectivity index (χ2v) is 7.36. The van der Waals surface area contributed by atoms with Crippen LogP contribution in [0.15, 0.2) is 65.1 Å². The number of anilines is 1. The van der Waals surface area contributed by atoms with Crippen molar-refractivity contribution in [3.63, 3.8) is 0 Å². The van der Waals surface area contributed by atoms with Crippen LogP contribution in [0.5, 0.6) is 5.75 Å². The molecule has 0 atom stereocenters. The monoisotopic (exact) mass is 453 g/mol.